The van der Waals surface area contributed by atoms with E-state index in [0.29, 0.717) is 47.6 Å². The fraction of sp³-hybridized carbons (Fsp3) is 0.516. The second-order valence-corrected chi connectivity index (χ2v) is 10.3. The number of carbonyl (C=O) groups excluding carboxylic acids is 3. The third-order valence-electron chi connectivity index (χ3n) is 7.21. The summed E-state index contributed by atoms with van der Waals surface area (Å²) in [6.45, 7) is 12.9. The van der Waals surface area contributed by atoms with E-state index >= 15 is 0 Å². The molecule has 0 saturated carbocycles. The number of benzene rings is 1. The van der Waals surface area contributed by atoms with Crippen LogP contribution >= 0.6 is 0 Å². The molecule has 2 aromatic rings. The summed E-state index contributed by atoms with van der Waals surface area (Å²) in [7, 11) is 1.36. The molecule has 4 N–H and O–H groups in total. The van der Waals surface area contributed by atoms with Crippen LogP contribution < -0.4 is 10.6 Å². The lowest BCUT2D eigenvalue weighted by molar-refractivity contribution is -0.119. The Kier molecular flexibility index (Phi) is 11.8. The third kappa shape index (κ3) is 7.45. The predicted molar refractivity (Wildman–Crippen MR) is 163 cm³/mol. The molecule has 1 unspecified atom stereocenters. The van der Waals surface area contributed by atoms with Crippen LogP contribution in [0.2, 0.25) is 0 Å². The average Bonchev–Trinajstić information content (AvgIpc) is 3.43. The van der Waals surface area contributed by atoms with Crippen molar-refractivity contribution in [3.05, 3.63) is 46.0 Å². The van der Waals surface area contributed by atoms with Crippen LogP contribution in [0.4, 0.5) is 15.8 Å². The first-order chi connectivity index (χ1) is 20.2. The van der Waals surface area contributed by atoms with Crippen LogP contribution in [-0.4, -0.2) is 90.2 Å². The zero-order chi connectivity index (χ0) is 31.0. The van der Waals surface area contributed by atoms with Gasteiger partial charge >= 0.3 is 0 Å². The van der Waals surface area contributed by atoms with Crippen LogP contribution in [0.5, 0.6) is 0 Å². The van der Waals surface area contributed by atoms with Gasteiger partial charge in [0.15, 0.2) is 0 Å². The molecule has 10 nitrogen and oxygen atoms in total. The molecule has 1 aromatic heterocycles. The van der Waals surface area contributed by atoms with Gasteiger partial charge in [-0.05, 0) is 56.6 Å². The zero-order valence-corrected chi connectivity index (χ0v) is 25.5. The number of β-amino-alcohol motifs (C(OH)–C–C–N with tert-alkyl or cyclic N) is 1. The first-order valence-corrected chi connectivity index (χ1v) is 14.7. The Morgan fingerprint density at radius 3 is 2.57 bits per heavy atom. The van der Waals surface area contributed by atoms with Crippen molar-refractivity contribution in [1.29, 1.82) is 0 Å². The van der Waals surface area contributed by atoms with Crippen LogP contribution in [0.3, 0.4) is 0 Å². The standard InChI is InChI=1S/C29H38FN5O5.C2H6/c1-5-8-34(9-6-2)14-18(36)15-35-10-7-22-27(29(35)39)17(3)23(31-22)12-20-19-11-21(30)25(32-26(37)16-40-4)13-24(19)33-28(20)38;1-2/h11-13,18,31,36H,5-10,14-16H2,1-4H3,(H,32,37)(H,33,38);1-2H3/b20-12-;. The maximum Gasteiger partial charge on any atom is 0.256 e. The third-order valence-corrected chi connectivity index (χ3v) is 7.21. The molecule has 0 fully saturated rings. The van der Waals surface area contributed by atoms with Crippen molar-refractivity contribution in [2.24, 2.45) is 0 Å². The number of aliphatic hydroxyl groups excluding tert-OH is 1. The van der Waals surface area contributed by atoms with Gasteiger partial charge in [0.25, 0.3) is 11.8 Å². The van der Waals surface area contributed by atoms with Gasteiger partial charge in [0.2, 0.25) is 5.91 Å². The fourth-order valence-electron chi connectivity index (χ4n) is 5.43. The number of hydrogen-bond acceptors (Lipinski definition) is 6. The Labute approximate surface area is 247 Å². The summed E-state index contributed by atoms with van der Waals surface area (Å²) < 4.78 is 19.6. The van der Waals surface area contributed by atoms with Gasteiger partial charge in [-0.3, -0.25) is 14.4 Å². The first-order valence-electron chi connectivity index (χ1n) is 14.7. The van der Waals surface area contributed by atoms with Crippen molar-refractivity contribution in [3.63, 3.8) is 0 Å². The minimum absolute atomic E-state index is 0.0609. The highest BCUT2D eigenvalue weighted by Crippen LogP contribution is 2.37. The van der Waals surface area contributed by atoms with E-state index in [1.165, 1.54) is 19.2 Å². The highest BCUT2D eigenvalue weighted by molar-refractivity contribution is 6.35. The molecule has 1 atom stereocenters. The van der Waals surface area contributed by atoms with Crippen LogP contribution in [0.15, 0.2) is 12.1 Å². The maximum absolute atomic E-state index is 14.8. The van der Waals surface area contributed by atoms with Gasteiger partial charge in [-0.15, -0.1) is 0 Å². The molecule has 42 heavy (non-hydrogen) atoms. The highest BCUT2D eigenvalue weighted by atomic mass is 19.1. The summed E-state index contributed by atoms with van der Waals surface area (Å²) in [5.41, 5.74) is 3.52. The largest absolute Gasteiger partial charge is 0.390 e. The quantitative estimate of drug-likeness (QED) is 0.279. The monoisotopic (exact) mass is 585 g/mol. The average molecular weight is 586 g/mol. The highest BCUT2D eigenvalue weighted by Gasteiger charge is 2.32. The minimum Gasteiger partial charge on any atom is -0.390 e. The Balaban J connectivity index is 0.00000237. The lowest BCUT2D eigenvalue weighted by atomic mass is 10.0. The second-order valence-electron chi connectivity index (χ2n) is 10.3. The molecule has 3 amide bonds. The molecule has 0 saturated heterocycles. The molecule has 0 bridgehead atoms. The fourth-order valence-corrected chi connectivity index (χ4v) is 5.43. The number of hydrogen-bond donors (Lipinski definition) is 4. The number of H-pyrrole nitrogens is 1. The number of anilines is 2. The van der Waals surface area contributed by atoms with Crippen LogP contribution in [0.1, 0.15) is 73.4 Å². The van der Waals surface area contributed by atoms with E-state index in [1.807, 2.05) is 20.8 Å². The van der Waals surface area contributed by atoms with Gasteiger partial charge < -0.3 is 35.3 Å². The van der Waals surface area contributed by atoms with Gasteiger partial charge in [0, 0.05) is 50.1 Å². The van der Waals surface area contributed by atoms with Gasteiger partial charge in [0.05, 0.1) is 28.6 Å². The predicted octanol–water partition coefficient (Wildman–Crippen LogP) is 4.05. The van der Waals surface area contributed by atoms with E-state index in [2.05, 4.69) is 34.4 Å². The number of ether oxygens (including phenoxy) is 1. The van der Waals surface area contributed by atoms with Crippen molar-refractivity contribution in [1.82, 2.24) is 14.8 Å². The number of fused-ring (bicyclic) bond motifs is 2. The molecule has 0 spiro atoms. The van der Waals surface area contributed by atoms with Gasteiger partial charge in [-0.25, -0.2) is 4.39 Å². The van der Waals surface area contributed by atoms with Crippen molar-refractivity contribution in [3.8, 4) is 0 Å². The summed E-state index contributed by atoms with van der Waals surface area (Å²) in [4.78, 5) is 45.3. The van der Waals surface area contributed by atoms with E-state index in [1.54, 1.807) is 11.0 Å². The van der Waals surface area contributed by atoms with E-state index in [4.69, 9.17) is 4.74 Å². The Morgan fingerprint density at radius 2 is 1.93 bits per heavy atom. The molecule has 230 valence electrons. The zero-order valence-electron chi connectivity index (χ0n) is 25.5. The number of aliphatic hydroxyl groups is 1. The summed E-state index contributed by atoms with van der Waals surface area (Å²) in [5, 5.41) is 15.9. The Morgan fingerprint density at radius 1 is 1.24 bits per heavy atom. The molecule has 4 rings (SSSR count). The number of halogens is 1. The van der Waals surface area contributed by atoms with E-state index in [9.17, 15) is 23.9 Å². The van der Waals surface area contributed by atoms with Crippen molar-refractivity contribution < 1.29 is 28.6 Å². The number of nitrogens with one attached hydrogen (secondary N) is 3. The summed E-state index contributed by atoms with van der Waals surface area (Å²) in [5.74, 6) is -1.77. The summed E-state index contributed by atoms with van der Waals surface area (Å²) >= 11 is 0. The Hall–Kier alpha value is -3.54. The number of aromatic amines is 1. The normalized spacial score (nSPS) is 15.7. The molecular formula is C31H44FN5O5. The minimum atomic E-state index is -0.686. The molecule has 0 aliphatic carbocycles. The molecular weight excluding hydrogens is 541 g/mol. The van der Waals surface area contributed by atoms with Gasteiger partial charge in [-0.2, -0.15) is 0 Å². The Bertz CT molecular complexity index is 1320. The lowest BCUT2D eigenvalue weighted by Gasteiger charge is -2.31. The molecule has 3 heterocycles. The van der Waals surface area contributed by atoms with Crippen molar-refractivity contribution >= 4 is 40.7 Å². The van der Waals surface area contributed by atoms with Gasteiger partial charge in [-0.1, -0.05) is 27.7 Å². The smallest absolute Gasteiger partial charge is 0.256 e. The van der Waals surface area contributed by atoms with Crippen molar-refractivity contribution in [2.75, 3.05) is 57.1 Å². The second kappa shape index (κ2) is 15.1. The lowest BCUT2D eigenvalue weighted by Crippen LogP contribution is -2.45. The van der Waals surface area contributed by atoms with E-state index in [0.717, 1.165) is 31.6 Å². The number of rotatable bonds is 12. The molecule has 11 heteroatoms. The molecule has 2 aliphatic heterocycles. The molecule has 0 radical (unpaired) electrons. The first kappa shape index (κ1) is 33.0. The van der Waals surface area contributed by atoms with Crippen LogP contribution in [-0.2, 0) is 20.7 Å². The SMILES string of the molecule is CC.CCCN(CCC)CC(O)CN1CCc2[nH]c(/C=C3\C(=O)Nc4cc(NC(=O)COC)c(F)cc43)c(C)c2C1=O. The number of carbonyl (C=O) groups is 3. The number of methoxy groups -OCH3 is 1. The molecule has 2 aliphatic rings. The van der Waals surface area contributed by atoms with Crippen LogP contribution in [0.25, 0.3) is 11.6 Å². The summed E-state index contributed by atoms with van der Waals surface area (Å²) in [6.07, 6.45) is 3.56. The van der Waals surface area contributed by atoms with Crippen LogP contribution in [0, 0.1) is 12.7 Å². The number of nitrogens with zero attached hydrogens (tertiary/aromatic N) is 2. The number of amides is 3. The van der Waals surface area contributed by atoms with E-state index < -0.39 is 23.7 Å². The van der Waals surface area contributed by atoms with Gasteiger partial charge in [0.1, 0.15) is 12.4 Å². The van der Waals surface area contributed by atoms with E-state index in [-0.39, 0.29) is 30.3 Å². The maximum atomic E-state index is 14.8. The summed E-state index contributed by atoms with van der Waals surface area (Å²) in [6, 6.07) is 2.58. The molecule has 1 aromatic carbocycles. The topological polar surface area (TPSA) is 127 Å². The van der Waals surface area contributed by atoms with Crippen molar-refractivity contribution in [2.45, 2.75) is 60.0 Å². The number of aromatic nitrogens is 1.